The van der Waals surface area contributed by atoms with Gasteiger partial charge in [0.05, 0.1) is 13.2 Å². The van der Waals surface area contributed by atoms with E-state index in [1.165, 1.54) is 0 Å². The summed E-state index contributed by atoms with van der Waals surface area (Å²) in [7, 11) is 0. The predicted octanol–water partition coefficient (Wildman–Crippen LogP) is 3.26. The fourth-order valence-electron chi connectivity index (χ4n) is 2.33. The normalized spacial score (nSPS) is 10.8. The lowest BCUT2D eigenvalue weighted by Crippen LogP contribution is -2.24. The molecule has 3 N–H and O–H groups in total. The summed E-state index contributed by atoms with van der Waals surface area (Å²) in [4.78, 5) is 30.4. The second-order valence-electron chi connectivity index (χ2n) is 5.76. The molecule has 0 atom stereocenters. The Morgan fingerprint density at radius 1 is 1.16 bits per heavy atom. The number of carboxylic acids is 1. The van der Waals surface area contributed by atoms with Crippen LogP contribution in [0.2, 0.25) is 0 Å². The van der Waals surface area contributed by atoms with Crippen LogP contribution in [0.5, 0.6) is 5.75 Å². The summed E-state index contributed by atoms with van der Waals surface area (Å²) >= 11 is 0. The number of H-pyrrole nitrogens is 1. The van der Waals surface area contributed by atoms with Crippen LogP contribution in [0.4, 0.5) is 0 Å². The Morgan fingerprint density at radius 2 is 2.00 bits per heavy atom. The molecule has 0 unspecified atom stereocenters. The van der Waals surface area contributed by atoms with Gasteiger partial charge in [-0.05, 0) is 31.0 Å². The first-order chi connectivity index (χ1) is 12.1. The largest absolute Gasteiger partial charge is 0.494 e. The van der Waals surface area contributed by atoms with E-state index in [1.807, 2.05) is 18.2 Å². The molecule has 0 bridgehead atoms. The van der Waals surface area contributed by atoms with Crippen LogP contribution in [0.1, 0.15) is 49.5 Å². The summed E-state index contributed by atoms with van der Waals surface area (Å²) in [5.74, 6) is -0.530. The number of unbranched alkanes of at least 4 members (excludes halogenated alkanes) is 2. The molecule has 1 aromatic carbocycles. The van der Waals surface area contributed by atoms with Gasteiger partial charge in [-0.25, -0.2) is 5.48 Å². The van der Waals surface area contributed by atoms with Crippen molar-refractivity contribution in [2.75, 3.05) is 13.2 Å². The number of nitrogens with one attached hydrogen (secondary N) is 2. The highest BCUT2D eigenvalue weighted by Crippen LogP contribution is 2.21. The lowest BCUT2D eigenvalue weighted by molar-refractivity contribution is -0.137. The number of hydrogen-bond acceptors (Lipinski definition) is 4. The number of benzene rings is 1. The number of amides is 1. The summed E-state index contributed by atoms with van der Waals surface area (Å²) in [6, 6.07) is 7.37. The van der Waals surface area contributed by atoms with Gasteiger partial charge in [-0.1, -0.05) is 19.8 Å². The Balaban J connectivity index is 1.86. The molecule has 7 nitrogen and oxygen atoms in total. The molecule has 0 saturated heterocycles. The summed E-state index contributed by atoms with van der Waals surface area (Å²) in [5, 5.41) is 9.43. The van der Waals surface area contributed by atoms with Crippen LogP contribution in [-0.4, -0.2) is 35.2 Å². The fourth-order valence-corrected chi connectivity index (χ4v) is 2.33. The number of hydroxylamine groups is 1. The Bertz CT molecular complexity index is 711. The van der Waals surface area contributed by atoms with E-state index >= 15 is 0 Å². The number of ether oxygens (including phenoxy) is 1. The van der Waals surface area contributed by atoms with Crippen LogP contribution in [-0.2, 0) is 9.63 Å². The molecule has 0 radical (unpaired) electrons. The SMILES string of the molecule is CCCCCOc1ccc2cc(C(=O)NOCCCC(=O)O)[nH]c2c1. The average molecular weight is 348 g/mol. The Labute approximate surface area is 146 Å². The molecule has 0 aliphatic heterocycles. The molecule has 2 aromatic rings. The number of carbonyl (C=O) groups excluding carboxylic acids is 1. The molecule has 0 aliphatic carbocycles. The minimum Gasteiger partial charge on any atom is -0.494 e. The zero-order valence-corrected chi connectivity index (χ0v) is 14.3. The van der Waals surface area contributed by atoms with Gasteiger partial charge in [-0.2, -0.15) is 0 Å². The monoisotopic (exact) mass is 348 g/mol. The maximum absolute atomic E-state index is 12.0. The number of aromatic amines is 1. The van der Waals surface area contributed by atoms with E-state index < -0.39 is 11.9 Å². The van der Waals surface area contributed by atoms with E-state index in [0.29, 0.717) is 18.7 Å². The van der Waals surface area contributed by atoms with Crippen molar-refractivity contribution in [1.29, 1.82) is 0 Å². The number of fused-ring (bicyclic) bond motifs is 1. The van der Waals surface area contributed by atoms with Gasteiger partial charge in [0.2, 0.25) is 0 Å². The first kappa shape index (κ1) is 18.8. The van der Waals surface area contributed by atoms with Gasteiger partial charge in [-0.3, -0.25) is 14.4 Å². The molecular formula is C18H24N2O5. The first-order valence-corrected chi connectivity index (χ1v) is 8.49. The number of carboxylic acid groups (broad SMARTS) is 1. The maximum Gasteiger partial charge on any atom is 0.303 e. The smallest absolute Gasteiger partial charge is 0.303 e. The number of aliphatic carboxylic acids is 1. The predicted molar refractivity (Wildman–Crippen MR) is 93.6 cm³/mol. The molecule has 136 valence electrons. The van der Waals surface area contributed by atoms with Crippen LogP contribution in [0.3, 0.4) is 0 Å². The van der Waals surface area contributed by atoms with Gasteiger partial charge >= 0.3 is 5.97 Å². The highest BCUT2D eigenvalue weighted by atomic mass is 16.6. The zero-order valence-electron chi connectivity index (χ0n) is 14.3. The molecule has 1 amide bonds. The molecule has 0 fully saturated rings. The molecule has 0 aliphatic rings. The zero-order chi connectivity index (χ0) is 18.1. The fraction of sp³-hybridized carbons (Fsp3) is 0.444. The molecule has 1 heterocycles. The van der Waals surface area contributed by atoms with Crippen LogP contribution >= 0.6 is 0 Å². The lowest BCUT2D eigenvalue weighted by atomic mass is 10.2. The van der Waals surface area contributed by atoms with Gasteiger partial charge < -0.3 is 14.8 Å². The molecular weight excluding hydrogens is 324 g/mol. The number of hydrogen-bond donors (Lipinski definition) is 3. The van der Waals surface area contributed by atoms with Gasteiger partial charge in [0.25, 0.3) is 5.91 Å². The summed E-state index contributed by atoms with van der Waals surface area (Å²) in [6.45, 7) is 2.97. The van der Waals surface area contributed by atoms with Crippen LogP contribution in [0, 0.1) is 0 Å². The van der Waals surface area contributed by atoms with Crippen molar-refractivity contribution in [2.24, 2.45) is 0 Å². The van der Waals surface area contributed by atoms with E-state index in [1.54, 1.807) is 6.07 Å². The molecule has 0 spiro atoms. The second kappa shape index (κ2) is 9.68. The van der Waals surface area contributed by atoms with Crippen LogP contribution in [0.15, 0.2) is 24.3 Å². The van der Waals surface area contributed by atoms with Crippen molar-refractivity contribution in [2.45, 2.75) is 39.0 Å². The highest BCUT2D eigenvalue weighted by molar-refractivity contribution is 5.97. The molecule has 1 aromatic heterocycles. The van der Waals surface area contributed by atoms with Crippen molar-refractivity contribution in [3.8, 4) is 5.75 Å². The summed E-state index contributed by atoms with van der Waals surface area (Å²) in [5.41, 5.74) is 3.48. The van der Waals surface area contributed by atoms with E-state index in [4.69, 9.17) is 14.7 Å². The maximum atomic E-state index is 12.0. The summed E-state index contributed by atoms with van der Waals surface area (Å²) in [6.07, 6.45) is 3.65. The van der Waals surface area contributed by atoms with Gasteiger partial charge in [0.1, 0.15) is 11.4 Å². The van der Waals surface area contributed by atoms with Crippen LogP contribution in [0.25, 0.3) is 10.9 Å². The third kappa shape index (κ3) is 6.11. The van der Waals surface area contributed by atoms with Crippen molar-refractivity contribution >= 4 is 22.8 Å². The lowest BCUT2D eigenvalue weighted by Gasteiger charge is -2.05. The van der Waals surface area contributed by atoms with E-state index in [0.717, 1.165) is 35.9 Å². The van der Waals surface area contributed by atoms with Gasteiger partial charge in [0.15, 0.2) is 0 Å². The number of carbonyl (C=O) groups is 2. The number of aromatic nitrogens is 1. The standard InChI is InChI=1S/C18H24N2O5/c1-2-3-4-9-24-14-8-7-13-11-16(19-15(13)12-14)18(23)20-25-10-5-6-17(21)22/h7-8,11-12,19H,2-6,9-10H2,1H3,(H,20,23)(H,21,22). The molecule has 2 rings (SSSR count). The average Bonchev–Trinajstić information content (AvgIpc) is 3.01. The highest BCUT2D eigenvalue weighted by Gasteiger charge is 2.10. The molecule has 25 heavy (non-hydrogen) atoms. The van der Waals surface area contributed by atoms with E-state index in [-0.39, 0.29) is 13.0 Å². The van der Waals surface area contributed by atoms with E-state index in [9.17, 15) is 9.59 Å². The Hall–Kier alpha value is -2.54. The minimum absolute atomic E-state index is 0.00326. The summed E-state index contributed by atoms with van der Waals surface area (Å²) < 4.78 is 5.70. The second-order valence-corrected chi connectivity index (χ2v) is 5.76. The van der Waals surface area contributed by atoms with Crippen molar-refractivity contribution in [3.05, 3.63) is 30.0 Å². The van der Waals surface area contributed by atoms with Crippen molar-refractivity contribution < 1.29 is 24.3 Å². The van der Waals surface area contributed by atoms with Gasteiger partial charge in [-0.15, -0.1) is 0 Å². The van der Waals surface area contributed by atoms with Crippen molar-refractivity contribution in [1.82, 2.24) is 10.5 Å². The first-order valence-electron chi connectivity index (χ1n) is 8.49. The minimum atomic E-state index is -0.890. The Kier molecular flexibility index (Phi) is 7.28. The van der Waals surface area contributed by atoms with Crippen LogP contribution < -0.4 is 10.2 Å². The van der Waals surface area contributed by atoms with Crippen molar-refractivity contribution in [3.63, 3.8) is 0 Å². The van der Waals surface area contributed by atoms with E-state index in [2.05, 4.69) is 17.4 Å². The third-order valence-electron chi connectivity index (χ3n) is 3.66. The molecule has 7 heteroatoms. The Morgan fingerprint density at radius 3 is 2.76 bits per heavy atom. The van der Waals surface area contributed by atoms with Gasteiger partial charge in [0, 0.05) is 23.4 Å². The topological polar surface area (TPSA) is 101 Å². The third-order valence-corrected chi connectivity index (χ3v) is 3.66. The molecule has 0 saturated carbocycles. The quantitative estimate of drug-likeness (QED) is 0.427. The number of rotatable bonds is 11.